The van der Waals surface area contributed by atoms with Crippen LogP contribution in [0.5, 0.6) is 5.75 Å². The SMILES string of the molecule is CCC[C@@H](C)NC(=O)COc1cc2oc(=O)cc(-c3ccccc3)c2cc1Cl. The van der Waals surface area contributed by atoms with E-state index in [4.69, 9.17) is 20.8 Å². The number of nitrogens with one attached hydrogen (secondary N) is 1. The molecule has 0 aliphatic rings. The molecule has 0 saturated carbocycles. The Labute approximate surface area is 168 Å². The van der Waals surface area contributed by atoms with Gasteiger partial charge in [0.25, 0.3) is 5.91 Å². The smallest absolute Gasteiger partial charge is 0.336 e. The number of carbonyl (C=O) groups is 1. The molecule has 28 heavy (non-hydrogen) atoms. The molecule has 1 aromatic heterocycles. The maximum absolute atomic E-state index is 12.0. The van der Waals surface area contributed by atoms with Crippen LogP contribution in [0.3, 0.4) is 0 Å². The lowest BCUT2D eigenvalue weighted by atomic mass is 10.0. The molecule has 0 fully saturated rings. The van der Waals surface area contributed by atoms with Crippen molar-refractivity contribution >= 4 is 28.5 Å². The van der Waals surface area contributed by atoms with Crippen LogP contribution in [0.4, 0.5) is 0 Å². The van der Waals surface area contributed by atoms with Crippen molar-refractivity contribution in [2.24, 2.45) is 0 Å². The lowest BCUT2D eigenvalue weighted by molar-refractivity contribution is -0.123. The van der Waals surface area contributed by atoms with Crippen molar-refractivity contribution in [1.29, 1.82) is 0 Å². The Bertz CT molecular complexity index is 1030. The first-order valence-corrected chi connectivity index (χ1v) is 9.60. The van der Waals surface area contributed by atoms with E-state index >= 15 is 0 Å². The Morgan fingerprint density at radius 2 is 1.96 bits per heavy atom. The minimum Gasteiger partial charge on any atom is -0.482 e. The minimum atomic E-state index is -0.467. The second-order valence-electron chi connectivity index (χ2n) is 6.67. The second-order valence-corrected chi connectivity index (χ2v) is 7.08. The van der Waals surface area contributed by atoms with Crippen LogP contribution in [0.15, 0.2) is 57.7 Å². The van der Waals surface area contributed by atoms with Crippen LogP contribution in [0.2, 0.25) is 5.02 Å². The molecule has 0 bridgehead atoms. The predicted molar refractivity (Wildman–Crippen MR) is 111 cm³/mol. The number of fused-ring (bicyclic) bond motifs is 1. The number of benzene rings is 2. The molecule has 0 saturated heterocycles. The van der Waals surface area contributed by atoms with E-state index in [1.165, 1.54) is 6.07 Å². The maximum atomic E-state index is 12.0. The fourth-order valence-corrected chi connectivity index (χ4v) is 3.31. The van der Waals surface area contributed by atoms with Crippen LogP contribution >= 0.6 is 11.6 Å². The molecule has 0 unspecified atom stereocenters. The van der Waals surface area contributed by atoms with Gasteiger partial charge in [-0.05, 0) is 30.5 Å². The normalized spacial score (nSPS) is 12.0. The first-order valence-electron chi connectivity index (χ1n) is 9.23. The molecule has 3 aromatic rings. The molecule has 0 spiro atoms. The Hall–Kier alpha value is -2.79. The van der Waals surface area contributed by atoms with Gasteiger partial charge in [-0.1, -0.05) is 55.3 Å². The van der Waals surface area contributed by atoms with Gasteiger partial charge in [-0.25, -0.2) is 4.79 Å². The molecule has 0 aliphatic carbocycles. The van der Waals surface area contributed by atoms with Crippen molar-refractivity contribution in [3.63, 3.8) is 0 Å². The van der Waals surface area contributed by atoms with E-state index in [9.17, 15) is 9.59 Å². The van der Waals surface area contributed by atoms with Crippen molar-refractivity contribution in [2.75, 3.05) is 6.61 Å². The lowest BCUT2D eigenvalue weighted by Gasteiger charge is -2.14. The molecular weight excluding hydrogens is 378 g/mol. The zero-order valence-corrected chi connectivity index (χ0v) is 16.6. The molecule has 0 radical (unpaired) electrons. The van der Waals surface area contributed by atoms with Gasteiger partial charge in [0.15, 0.2) is 6.61 Å². The average Bonchev–Trinajstić information content (AvgIpc) is 2.67. The van der Waals surface area contributed by atoms with E-state index in [0.29, 0.717) is 21.7 Å². The van der Waals surface area contributed by atoms with E-state index < -0.39 is 5.63 Å². The maximum Gasteiger partial charge on any atom is 0.336 e. The highest BCUT2D eigenvalue weighted by Crippen LogP contribution is 2.34. The highest BCUT2D eigenvalue weighted by atomic mass is 35.5. The van der Waals surface area contributed by atoms with Gasteiger partial charge < -0.3 is 14.5 Å². The average molecular weight is 400 g/mol. The van der Waals surface area contributed by atoms with Crippen molar-refractivity contribution in [2.45, 2.75) is 32.7 Å². The van der Waals surface area contributed by atoms with E-state index in [1.807, 2.05) is 37.3 Å². The number of hydrogen-bond donors (Lipinski definition) is 1. The molecule has 1 heterocycles. The summed E-state index contributed by atoms with van der Waals surface area (Å²) in [5.74, 6) is 0.0671. The third-order valence-electron chi connectivity index (χ3n) is 4.37. The Morgan fingerprint density at radius 3 is 2.68 bits per heavy atom. The summed E-state index contributed by atoms with van der Waals surface area (Å²) in [6, 6.07) is 14.3. The molecule has 1 atom stereocenters. The van der Waals surface area contributed by atoms with E-state index in [-0.39, 0.29) is 18.6 Å². The predicted octanol–water partition coefficient (Wildman–Crippen LogP) is 4.80. The number of ether oxygens (including phenoxy) is 1. The van der Waals surface area contributed by atoms with E-state index in [0.717, 1.165) is 24.0 Å². The first-order chi connectivity index (χ1) is 13.5. The van der Waals surface area contributed by atoms with Crippen molar-refractivity contribution in [1.82, 2.24) is 5.32 Å². The fraction of sp³-hybridized carbons (Fsp3) is 0.273. The van der Waals surface area contributed by atoms with E-state index in [1.54, 1.807) is 12.1 Å². The van der Waals surface area contributed by atoms with Gasteiger partial charge in [-0.15, -0.1) is 0 Å². The van der Waals surface area contributed by atoms with Gasteiger partial charge in [-0.3, -0.25) is 4.79 Å². The number of hydrogen-bond acceptors (Lipinski definition) is 4. The number of rotatable bonds is 7. The second kappa shape index (κ2) is 8.93. The van der Waals surface area contributed by atoms with Gasteiger partial charge in [0.2, 0.25) is 0 Å². The molecule has 3 rings (SSSR count). The third-order valence-corrected chi connectivity index (χ3v) is 4.67. The summed E-state index contributed by atoms with van der Waals surface area (Å²) in [5, 5.41) is 3.91. The summed E-state index contributed by atoms with van der Waals surface area (Å²) in [7, 11) is 0. The molecular formula is C22H22ClNO4. The lowest BCUT2D eigenvalue weighted by Crippen LogP contribution is -2.35. The molecule has 1 N–H and O–H groups in total. The quantitative estimate of drug-likeness (QED) is 0.579. The minimum absolute atomic E-state index is 0.0830. The molecule has 0 aliphatic heterocycles. The molecule has 5 nitrogen and oxygen atoms in total. The number of carbonyl (C=O) groups excluding carboxylic acids is 1. The fourth-order valence-electron chi connectivity index (χ4n) is 3.10. The highest BCUT2D eigenvalue weighted by molar-refractivity contribution is 6.33. The summed E-state index contributed by atoms with van der Waals surface area (Å²) in [6.45, 7) is 3.84. The van der Waals surface area contributed by atoms with Crippen molar-refractivity contribution < 1.29 is 13.9 Å². The Balaban J connectivity index is 1.87. The Morgan fingerprint density at radius 1 is 1.21 bits per heavy atom. The summed E-state index contributed by atoms with van der Waals surface area (Å²) < 4.78 is 10.9. The molecule has 6 heteroatoms. The monoisotopic (exact) mass is 399 g/mol. The third kappa shape index (κ3) is 4.73. The summed E-state index contributed by atoms with van der Waals surface area (Å²) >= 11 is 6.36. The Kier molecular flexibility index (Phi) is 6.37. The summed E-state index contributed by atoms with van der Waals surface area (Å²) in [5.41, 5.74) is 1.50. The van der Waals surface area contributed by atoms with Crippen LogP contribution in [-0.2, 0) is 4.79 Å². The standard InChI is InChI=1S/C22H22ClNO4/c1-3-7-14(2)24-21(25)13-27-20-12-19-17(10-18(20)23)16(11-22(26)28-19)15-8-5-4-6-9-15/h4-6,8-12,14H,3,7,13H2,1-2H3,(H,24,25)/t14-/m1/s1. The van der Waals surface area contributed by atoms with Crippen molar-refractivity contribution in [3.05, 3.63) is 64.0 Å². The van der Waals surface area contributed by atoms with Gasteiger partial charge in [0, 0.05) is 23.6 Å². The van der Waals surface area contributed by atoms with Gasteiger partial charge in [0.1, 0.15) is 11.3 Å². The van der Waals surface area contributed by atoms with E-state index in [2.05, 4.69) is 12.2 Å². The summed E-state index contributed by atoms with van der Waals surface area (Å²) in [6.07, 6.45) is 1.89. The van der Waals surface area contributed by atoms with Crippen LogP contribution < -0.4 is 15.7 Å². The molecule has 146 valence electrons. The van der Waals surface area contributed by atoms with Crippen LogP contribution in [0, 0.1) is 0 Å². The number of halogens is 1. The van der Waals surface area contributed by atoms with Crippen LogP contribution in [0.1, 0.15) is 26.7 Å². The highest BCUT2D eigenvalue weighted by Gasteiger charge is 2.14. The van der Waals surface area contributed by atoms with Crippen molar-refractivity contribution in [3.8, 4) is 16.9 Å². The van der Waals surface area contributed by atoms with Crippen LogP contribution in [0.25, 0.3) is 22.1 Å². The van der Waals surface area contributed by atoms with Gasteiger partial charge in [-0.2, -0.15) is 0 Å². The zero-order valence-electron chi connectivity index (χ0n) is 15.8. The van der Waals surface area contributed by atoms with Gasteiger partial charge in [0.05, 0.1) is 5.02 Å². The molecule has 1 amide bonds. The topological polar surface area (TPSA) is 68.5 Å². The number of amides is 1. The zero-order chi connectivity index (χ0) is 20.1. The largest absolute Gasteiger partial charge is 0.482 e. The van der Waals surface area contributed by atoms with Crippen LogP contribution in [-0.4, -0.2) is 18.6 Å². The summed E-state index contributed by atoms with van der Waals surface area (Å²) in [4.78, 5) is 24.0. The van der Waals surface area contributed by atoms with Gasteiger partial charge >= 0.3 is 5.63 Å². The first kappa shape index (κ1) is 20.0. The molecule has 2 aromatic carbocycles.